The molecule has 2 aliphatic rings. The normalized spacial score (nSPS) is 24.6. The first-order valence-electron chi connectivity index (χ1n) is 12.7. The van der Waals surface area contributed by atoms with Gasteiger partial charge in [-0.05, 0) is 25.3 Å². The van der Waals surface area contributed by atoms with Crippen molar-refractivity contribution in [2.75, 3.05) is 13.1 Å². The Labute approximate surface area is 222 Å². The Morgan fingerprint density at radius 1 is 1.18 bits per heavy atom. The Balaban J connectivity index is 1.86. The molecule has 0 saturated heterocycles. The Hall–Kier alpha value is -3.79. The average molecular weight is 526 g/mol. The predicted octanol–water partition coefficient (Wildman–Crippen LogP) is 2.66. The van der Waals surface area contributed by atoms with Crippen LogP contribution in [0.3, 0.4) is 0 Å². The van der Waals surface area contributed by atoms with Gasteiger partial charge in [-0.25, -0.2) is 9.78 Å². The van der Waals surface area contributed by atoms with Crippen molar-refractivity contribution in [2.45, 2.75) is 59.2 Å². The molecule has 10 nitrogen and oxygen atoms in total. The summed E-state index contributed by atoms with van der Waals surface area (Å²) in [5.41, 5.74) is 0.809. The van der Waals surface area contributed by atoms with E-state index in [1.165, 1.54) is 11.0 Å². The highest BCUT2D eigenvalue weighted by Crippen LogP contribution is 2.24. The largest absolute Gasteiger partial charge is 0.457 e. The van der Waals surface area contributed by atoms with Gasteiger partial charge in [0, 0.05) is 25.4 Å². The van der Waals surface area contributed by atoms with Gasteiger partial charge in [0.25, 0.3) is 5.91 Å². The monoisotopic (exact) mass is 525 g/mol. The number of cyclic esters (lactones) is 1. The van der Waals surface area contributed by atoms with E-state index in [1.807, 2.05) is 20.8 Å². The van der Waals surface area contributed by atoms with Gasteiger partial charge >= 0.3 is 5.97 Å². The maximum atomic E-state index is 13.1. The molecule has 2 aliphatic heterocycles. The second-order valence-corrected chi connectivity index (χ2v) is 9.84. The van der Waals surface area contributed by atoms with Gasteiger partial charge < -0.3 is 24.5 Å². The van der Waals surface area contributed by atoms with E-state index in [1.54, 1.807) is 37.3 Å². The highest BCUT2D eigenvalue weighted by Gasteiger charge is 2.33. The second-order valence-electron chi connectivity index (χ2n) is 9.84. The summed E-state index contributed by atoms with van der Waals surface area (Å²) in [4.78, 5) is 56.3. The molecule has 1 aromatic heterocycles. The molecule has 38 heavy (non-hydrogen) atoms. The third-order valence-corrected chi connectivity index (χ3v) is 6.19. The molecular weight excluding hydrogens is 490 g/mol. The van der Waals surface area contributed by atoms with Crippen LogP contribution < -0.4 is 5.32 Å². The number of Topliss-reactive ketones (excluding diaryl/α,β-unsaturated/α-hetero) is 1. The summed E-state index contributed by atoms with van der Waals surface area (Å²) in [5.74, 6) is -2.07. The van der Waals surface area contributed by atoms with Crippen LogP contribution in [0.4, 0.5) is 0 Å². The number of carbonyl (C=O) groups excluding carboxylic acids is 4. The molecule has 10 heteroatoms. The molecule has 2 bridgehead atoms. The minimum absolute atomic E-state index is 0.0315. The number of allylic oxidation sites excluding steroid dienone is 2. The van der Waals surface area contributed by atoms with Gasteiger partial charge in [0.05, 0.1) is 12.5 Å². The van der Waals surface area contributed by atoms with Crippen LogP contribution in [0.1, 0.15) is 56.9 Å². The molecule has 3 atom stereocenters. The molecular formula is C28H35N3O7. The van der Waals surface area contributed by atoms with Crippen molar-refractivity contribution in [1.29, 1.82) is 0 Å². The van der Waals surface area contributed by atoms with Crippen LogP contribution >= 0.6 is 0 Å². The first-order chi connectivity index (χ1) is 18.0. The van der Waals surface area contributed by atoms with Gasteiger partial charge in [-0.2, -0.15) is 0 Å². The van der Waals surface area contributed by atoms with Crippen molar-refractivity contribution in [3.05, 3.63) is 65.6 Å². The summed E-state index contributed by atoms with van der Waals surface area (Å²) in [6, 6.07) is 0. The third-order valence-electron chi connectivity index (χ3n) is 6.19. The van der Waals surface area contributed by atoms with Gasteiger partial charge in [0.2, 0.25) is 11.8 Å². The molecule has 0 aromatic carbocycles. The minimum Gasteiger partial charge on any atom is -0.457 e. The zero-order chi connectivity index (χ0) is 27.8. The quantitative estimate of drug-likeness (QED) is 0.534. The molecule has 0 saturated carbocycles. The average Bonchev–Trinajstić information content (AvgIpc) is 3.52. The van der Waals surface area contributed by atoms with Crippen molar-refractivity contribution in [3.8, 4) is 0 Å². The van der Waals surface area contributed by atoms with Crippen LogP contribution in [-0.2, 0) is 25.5 Å². The second kappa shape index (κ2) is 13.1. The number of aliphatic hydroxyl groups is 1. The molecule has 0 unspecified atom stereocenters. The Kier molecular flexibility index (Phi) is 9.95. The van der Waals surface area contributed by atoms with Gasteiger partial charge in [0.1, 0.15) is 23.8 Å². The third kappa shape index (κ3) is 7.85. The van der Waals surface area contributed by atoms with Crippen LogP contribution in [0.15, 0.2) is 58.4 Å². The molecule has 0 aliphatic carbocycles. The van der Waals surface area contributed by atoms with Gasteiger partial charge in [-0.3, -0.25) is 14.4 Å². The SMILES string of the molecule is CC1=C[C@@H](O)CC(=O)Cc2nc(co2)C(=O)N2CCC=C2C(=O)O[C@H](C(C)C)[C@H](C)C=CC(=O)NCC=C1. The van der Waals surface area contributed by atoms with E-state index in [0.29, 0.717) is 6.42 Å². The van der Waals surface area contributed by atoms with E-state index in [2.05, 4.69) is 10.3 Å². The number of nitrogens with one attached hydrogen (secondary N) is 1. The number of rotatable bonds is 1. The van der Waals surface area contributed by atoms with Crippen molar-refractivity contribution < 1.29 is 33.4 Å². The van der Waals surface area contributed by atoms with E-state index in [4.69, 9.17) is 9.15 Å². The first-order valence-corrected chi connectivity index (χ1v) is 12.7. The molecule has 0 fully saturated rings. The molecule has 3 heterocycles. The van der Waals surface area contributed by atoms with Crippen molar-refractivity contribution in [1.82, 2.24) is 15.2 Å². The fourth-order valence-corrected chi connectivity index (χ4v) is 4.33. The Bertz CT molecular complexity index is 1170. The minimum atomic E-state index is -1.01. The molecule has 204 valence electrons. The number of carbonyl (C=O) groups is 4. The van der Waals surface area contributed by atoms with E-state index in [-0.39, 0.29) is 66.7 Å². The van der Waals surface area contributed by atoms with Crippen LogP contribution in [0.25, 0.3) is 0 Å². The lowest BCUT2D eigenvalue weighted by molar-refractivity contribution is -0.149. The standard InChI is InChI=1S/C28H35N3O7/c1-17(2)26-19(4)9-10-24(34)29-11-5-7-18(3)13-20(32)14-21(33)15-25-30-22(16-37-25)27(35)31-12-6-8-23(31)28(36)38-26/h5,7-10,13,16-17,19-20,26,32H,6,11-12,14-15H2,1-4H3,(H,29,34)/t19-,20-,26-/m1/s1. The Morgan fingerprint density at radius 2 is 1.95 bits per heavy atom. The number of ether oxygens (including phenoxy) is 1. The maximum Gasteiger partial charge on any atom is 0.355 e. The van der Waals surface area contributed by atoms with Gasteiger partial charge in [0.15, 0.2) is 5.69 Å². The number of fused-ring (bicyclic) bond motifs is 3. The maximum absolute atomic E-state index is 13.1. The van der Waals surface area contributed by atoms with Crippen molar-refractivity contribution in [2.24, 2.45) is 11.8 Å². The highest BCUT2D eigenvalue weighted by atomic mass is 16.5. The fourth-order valence-electron chi connectivity index (χ4n) is 4.33. The zero-order valence-electron chi connectivity index (χ0n) is 22.2. The van der Waals surface area contributed by atoms with Gasteiger partial charge in [-0.15, -0.1) is 0 Å². The topological polar surface area (TPSA) is 139 Å². The first kappa shape index (κ1) is 28.8. The van der Waals surface area contributed by atoms with Crippen molar-refractivity contribution in [3.63, 3.8) is 0 Å². The number of aliphatic hydroxyl groups excluding tert-OH is 1. The summed E-state index contributed by atoms with van der Waals surface area (Å²) < 4.78 is 11.1. The fraction of sp³-hybridized carbons (Fsp3) is 0.464. The van der Waals surface area contributed by atoms with Gasteiger partial charge in [-0.1, -0.05) is 56.7 Å². The molecule has 1 aromatic rings. The smallest absolute Gasteiger partial charge is 0.355 e. The van der Waals surface area contributed by atoms with E-state index in [9.17, 15) is 24.3 Å². The number of amides is 2. The molecule has 0 spiro atoms. The predicted molar refractivity (Wildman–Crippen MR) is 139 cm³/mol. The van der Waals surface area contributed by atoms with E-state index < -0.39 is 24.1 Å². The summed E-state index contributed by atoms with van der Waals surface area (Å²) >= 11 is 0. The van der Waals surface area contributed by atoms with Crippen molar-refractivity contribution >= 4 is 23.6 Å². The highest BCUT2D eigenvalue weighted by molar-refractivity contribution is 6.00. The van der Waals surface area contributed by atoms with Crippen LogP contribution in [0.2, 0.25) is 0 Å². The molecule has 2 amide bonds. The van der Waals surface area contributed by atoms with E-state index >= 15 is 0 Å². The van der Waals surface area contributed by atoms with Crippen LogP contribution in [0, 0.1) is 11.8 Å². The molecule has 3 rings (SSSR count). The molecule has 2 N–H and O–H groups in total. The Morgan fingerprint density at radius 3 is 2.68 bits per heavy atom. The number of esters is 1. The number of oxazole rings is 1. The van der Waals surface area contributed by atoms with E-state index in [0.717, 1.165) is 11.8 Å². The number of nitrogens with zero attached hydrogens (tertiary/aromatic N) is 2. The summed E-state index contributed by atoms with van der Waals surface area (Å²) in [6.45, 7) is 8.00. The van der Waals surface area contributed by atoms with Crippen LogP contribution in [-0.4, -0.2) is 63.9 Å². The number of hydrogen-bond donors (Lipinski definition) is 2. The molecule has 0 radical (unpaired) electrons. The zero-order valence-corrected chi connectivity index (χ0v) is 22.2. The number of aromatic nitrogens is 1. The lowest BCUT2D eigenvalue weighted by Crippen LogP contribution is -2.36. The van der Waals surface area contributed by atoms with Crippen LogP contribution in [0.5, 0.6) is 0 Å². The summed E-state index contributed by atoms with van der Waals surface area (Å²) in [5, 5.41) is 13.0. The number of hydrogen-bond acceptors (Lipinski definition) is 8. The lowest BCUT2D eigenvalue weighted by Gasteiger charge is -2.27. The lowest BCUT2D eigenvalue weighted by atomic mass is 9.94. The summed E-state index contributed by atoms with van der Waals surface area (Å²) in [6.07, 6.45) is 9.48. The number of ketones is 1. The summed E-state index contributed by atoms with van der Waals surface area (Å²) in [7, 11) is 0.